The van der Waals surface area contributed by atoms with Gasteiger partial charge >= 0.3 is 0 Å². The van der Waals surface area contributed by atoms with Crippen molar-refractivity contribution in [3.05, 3.63) is 76.1 Å². The van der Waals surface area contributed by atoms with Crippen LogP contribution in [0, 0.1) is 0 Å². The first-order valence-electron chi connectivity index (χ1n) is 9.19. The topological polar surface area (TPSA) is 38.5 Å². The Morgan fingerprint density at radius 1 is 1.08 bits per heavy atom. The van der Waals surface area contributed by atoms with E-state index in [9.17, 15) is 0 Å². The summed E-state index contributed by atoms with van der Waals surface area (Å²) in [6, 6.07) is 10.5. The predicted molar refractivity (Wildman–Crippen MR) is 103 cm³/mol. The molecule has 4 heterocycles. The second kappa shape index (κ2) is 8.62. The number of furan rings is 1. The molecule has 0 amide bonds. The van der Waals surface area contributed by atoms with Crippen LogP contribution in [0.3, 0.4) is 0 Å². The molecule has 1 fully saturated rings. The Bertz CT molecular complexity index is 779. The number of nitrogens with zero attached hydrogens (tertiary/aromatic N) is 2. The van der Waals surface area contributed by atoms with Crippen LogP contribution in [0.15, 0.2) is 57.9 Å². The lowest BCUT2D eigenvalue weighted by Gasteiger charge is -2.22. The third-order valence-electron chi connectivity index (χ3n) is 4.67. The minimum Gasteiger partial charge on any atom is -0.462 e. The van der Waals surface area contributed by atoms with Crippen LogP contribution in [0.5, 0.6) is 0 Å². The van der Waals surface area contributed by atoms with Crippen LogP contribution in [0.1, 0.15) is 48.0 Å². The van der Waals surface area contributed by atoms with Crippen molar-refractivity contribution in [3.63, 3.8) is 0 Å². The second-order valence-electron chi connectivity index (χ2n) is 6.80. The molecule has 0 spiro atoms. The minimum atomic E-state index is 0.126. The van der Waals surface area contributed by atoms with Crippen LogP contribution >= 0.6 is 11.3 Å². The molecule has 26 heavy (non-hydrogen) atoms. The van der Waals surface area contributed by atoms with E-state index in [0.717, 1.165) is 50.6 Å². The van der Waals surface area contributed by atoms with Crippen LogP contribution in [0.2, 0.25) is 0 Å². The number of thiophene rings is 1. The molecule has 5 heteroatoms. The highest BCUT2D eigenvalue weighted by Gasteiger charge is 2.20. The molecular formula is C21H24N2O2S. The summed E-state index contributed by atoms with van der Waals surface area (Å²) in [5, 5.41) is 4.34. The van der Waals surface area contributed by atoms with Crippen molar-refractivity contribution in [2.24, 2.45) is 0 Å². The predicted octanol–water partition coefficient (Wildman–Crippen LogP) is 5.18. The average Bonchev–Trinajstić information content (AvgIpc) is 3.35. The van der Waals surface area contributed by atoms with Crippen LogP contribution in [-0.4, -0.2) is 16.5 Å². The summed E-state index contributed by atoms with van der Waals surface area (Å²) in [7, 11) is 0. The van der Waals surface area contributed by atoms with Gasteiger partial charge in [-0.1, -0.05) is 6.07 Å². The molecule has 1 aliphatic heterocycles. The molecule has 3 aromatic rings. The minimum absolute atomic E-state index is 0.126. The number of aromatic nitrogens is 1. The summed E-state index contributed by atoms with van der Waals surface area (Å²) in [4.78, 5) is 6.63. The molecule has 0 saturated carbocycles. The van der Waals surface area contributed by atoms with E-state index >= 15 is 0 Å². The first kappa shape index (κ1) is 17.5. The Balaban J connectivity index is 1.46. The third-order valence-corrected chi connectivity index (χ3v) is 5.41. The van der Waals surface area contributed by atoms with Gasteiger partial charge in [0.15, 0.2) is 0 Å². The van der Waals surface area contributed by atoms with Crippen molar-refractivity contribution in [3.8, 4) is 0 Å². The smallest absolute Gasteiger partial charge is 0.133 e. The van der Waals surface area contributed by atoms with Gasteiger partial charge in [0.1, 0.15) is 17.6 Å². The van der Waals surface area contributed by atoms with Gasteiger partial charge in [-0.2, -0.15) is 11.3 Å². The fourth-order valence-electron chi connectivity index (χ4n) is 3.40. The molecule has 0 aliphatic carbocycles. The van der Waals surface area contributed by atoms with Gasteiger partial charge < -0.3 is 9.15 Å². The maximum Gasteiger partial charge on any atom is 0.133 e. The molecule has 0 N–H and O–H groups in total. The Hall–Kier alpha value is -1.95. The van der Waals surface area contributed by atoms with Crippen molar-refractivity contribution < 1.29 is 9.15 Å². The van der Waals surface area contributed by atoms with E-state index in [1.165, 1.54) is 17.5 Å². The molecule has 0 radical (unpaired) electrons. The Morgan fingerprint density at radius 2 is 2.04 bits per heavy atom. The summed E-state index contributed by atoms with van der Waals surface area (Å²) in [5.74, 6) is 1.96. The van der Waals surface area contributed by atoms with Gasteiger partial charge in [-0.05, 0) is 65.4 Å². The number of hydrogen-bond donors (Lipinski definition) is 0. The second-order valence-corrected chi connectivity index (χ2v) is 7.58. The zero-order chi connectivity index (χ0) is 17.6. The summed E-state index contributed by atoms with van der Waals surface area (Å²) < 4.78 is 12.0. The van der Waals surface area contributed by atoms with Gasteiger partial charge in [0.2, 0.25) is 0 Å². The first-order valence-corrected chi connectivity index (χ1v) is 10.1. The van der Waals surface area contributed by atoms with E-state index in [-0.39, 0.29) is 6.10 Å². The largest absolute Gasteiger partial charge is 0.462 e. The van der Waals surface area contributed by atoms with E-state index < -0.39 is 0 Å². The SMILES string of the molecule is c1cncc(CN(Cc2ccsc2)Cc2ccc([C@@H]3CCCCO3)o2)c1. The maximum atomic E-state index is 6.13. The van der Waals surface area contributed by atoms with Crippen LogP contribution < -0.4 is 0 Å². The Morgan fingerprint density at radius 3 is 2.81 bits per heavy atom. The zero-order valence-electron chi connectivity index (χ0n) is 14.8. The quantitative estimate of drug-likeness (QED) is 0.576. The summed E-state index contributed by atoms with van der Waals surface area (Å²) in [6.07, 6.45) is 7.30. The van der Waals surface area contributed by atoms with Crippen molar-refractivity contribution in [2.45, 2.75) is 45.0 Å². The van der Waals surface area contributed by atoms with Gasteiger partial charge in [-0.15, -0.1) is 0 Å². The summed E-state index contributed by atoms with van der Waals surface area (Å²) in [5.41, 5.74) is 2.55. The van der Waals surface area contributed by atoms with Gasteiger partial charge in [0, 0.05) is 32.1 Å². The first-order chi connectivity index (χ1) is 12.9. The Labute approximate surface area is 158 Å². The lowest BCUT2D eigenvalue weighted by Crippen LogP contribution is -2.22. The lowest BCUT2D eigenvalue weighted by molar-refractivity contribution is 0.000783. The molecule has 0 bridgehead atoms. The zero-order valence-corrected chi connectivity index (χ0v) is 15.7. The lowest BCUT2D eigenvalue weighted by atomic mass is 10.1. The summed E-state index contributed by atoms with van der Waals surface area (Å²) >= 11 is 1.74. The standard InChI is InChI=1S/C21H24N2O2S/c1-2-10-24-20(5-1)21-7-6-19(25-21)15-23(14-18-8-11-26-16-18)13-17-4-3-9-22-12-17/h3-4,6-9,11-12,16,20H,1-2,5,10,13-15H2/t20-/m0/s1. The molecule has 3 aromatic heterocycles. The molecule has 136 valence electrons. The van der Waals surface area contributed by atoms with E-state index in [4.69, 9.17) is 9.15 Å². The highest BCUT2D eigenvalue weighted by Crippen LogP contribution is 2.29. The highest BCUT2D eigenvalue weighted by atomic mass is 32.1. The number of hydrogen-bond acceptors (Lipinski definition) is 5. The Kier molecular flexibility index (Phi) is 5.79. The molecule has 1 saturated heterocycles. The van der Waals surface area contributed by atoms with E-state index in [0.29, 0.717) is 0 Å². The van der Waals surface area contributed by atoms with Crippen LogP contribution in [-0.2, 0) is 24.4 Å². The van der Waals surface area contributed by atoms with Crippen molar-refractivity contribution in [2.75, 3.05) is 6.61 Å². The van der Waals surface area contributed by atoms with Crippen molar-refractivity contribution in [1.29, 1.82) is 0 Å². The summed E-state index contributed by atoms with van der Waals surface area (Å²) in [6.45, 7) is 3.36. The van der Waals surface area contributed by atoms with E-state index in [1.54, 1.807) is 11.3 Å². The third kappa shape index (κ3) is 4.61. The molecule has 0 unspecified atom stereocenters. The average molecular weight is 369 g/mol. The van der Waals surface area contributed by atoms with Gasteiger partial charge in [-0.3, -0.25) is 9.88 Å². The number of pyridine rings is 1. The molecule has 4 nitrogen and oxygen atoms in total. The highest BCUT2D eigenvalue weighted by molar-refractivity contribution is 7.07. The fraction of sp³-hybridized carbons (Fsp3) is 0.381. The normalized spacial score (nSPS) is 17.7. The molecule has 4 rings (SSSR count). The van der Waals surface area contributed by atoms with Gasteiger partial charge in [0.25, 0.3) is 0 Å². The molecular weight excluding hydrogens is 344 g/mol. The van der Waals surface area contributed by atoms with Crippen molar-refractivity contribution in [1.82, 2.24) is 9.88 Å². The maximum absolute atomic E-state index is 6.13. The van der Waals surface area contributed by atoms with Gasteiger partial charge in [-0.25, -0.2) is 0 Å². The van der Waals surface area contributed by atoms with E-state index in [1.807, 2.05) is 18.5 Å². The van der Waals surface area contributed by atoms with E-state index in [2.05, 4.69) is 44.9 Å². The van der Waals surface area contributed by atoms with Crippen LogP contribution in [0.4, 0.5) is 0 Å². The molecule has 1 atom stereocenters. The fourth-order valence-corrected chi connectivity index (χ4v) is 4.06. The molecule has 0 aromatic carbocycles. The number of ether oxygens (including phenoxy) is 1. The molecule has 1 aliphatic rings. The van der Waals surface area contributed by atoms with Gasteiger partial charge in [0.05, 0.1) is 6.54 Å². The number of rotatable bonds is 7. The van der Waals surface area contributed by atoms with Crippen LogP contribution in [0.25, 0.3) is 0 Å². The van der Waals surface area contributed by atoms with Crippen molar-refractivity contribution >= 4 is 11.3 Å². The monoisotopic (exact) mass is 368 g/mol.